The number of para-hydroxylation sites is 2. The van der Waals surface area contributed by atoms with Gasteiger partial charge in [-0.2, -0.15) is 0 Å². The molecule has 0 bridgehead atoms. The SMILES string of the molecule is CN1CCN(CCCOc2ccc3c(c2)C2CN(CCCN4CCN(C)CC4)c4nc5ccccc5nc4N2CC3)CC1. The number of anilines is 2. The Kier molecular flexibility index (Phi) is 8.66. The Bertz CT molecular complexity index is 1380. The van der Waals surface area contributed by atoms with Crippen LogP contribution in [0.2, 0.25) is 0 Å². The second-order valence-electron chi connectivity index (χ2n) is 13.0. The van der Waals surface area contributed by atoms with Gasteiger partial charge in [0.2, 0.25) is 0 Å². The van der Waals surface area contributed by atoms with Gasteiger partial charge in [0.05, 0.1) is 23.7 Å². The van der Waals surface area contributed by atoms with E-state index in [2.05, 4.69) is 86.0 Å². The minimum Gasteiger partial charge on any atom is -0.494 e. The molecule has 9 heteroatoms. The minimum absolute atomic E-state index is 0.254. The smallest absolute Gasteiger partial charge is 0.173 e. The molecule has 0 radical (unpaired) electrons. The molecular formula is C34H48N8O. The summed E-state index contributed by atoms with van der Waals surface area (Å²) in [5, 5.41) is 0. The van der Waals surface area contributed by atoms with Gasteiger partial charge in [-0.25, -0.2) is 9.97 Å². The highest BCUT2D eigenvalue weighted by atomic mass is 16.5. The monoisotopic (exact) mass is 584 g/mol. The van der Waals surface area contributed by atoms with E-state index >= 15 is 0 Å². The highest BCUT2D eigenvalue weighted by Gasteiger charge is 2.37. The van der Waals surface area contributed by atoms with E-state index in [1.54, 1.807) is 0 Å². The van der Waals surface area contributed by atoms with Crippen LogP contribution in [0.1, 0.15) is 30.0 Å². The molecule has 1 unspecified atom stereocenters. The quantitative estimate of drug-likeness (QED) is 0.353. The summed E-state index contributed by atoms with van der Waals surface area (Å²) in [6.07, 6.45) is 3.22. The van der Waals surface area contributed by atoms with E-state index in [9.17, 15) is 0 Å². The van der Waals surface area contributed by atoms with E-state index in [4.69, 9.17) is 14.7 Å². The van der Waals surface area contributed by atoms with Crippen LogP contribution in [0.5, 0.6) is 5.75 Å². The second-order valence-corrected chi connectivity index (χ2v) is 13.0. The number of benzene rings is 2. The van der Waals surface area contributed by atoms with E-state index in [-0.39, 0.29) is 6.04 Å². The first kappa shape index (κ1) is 28.8. The van der Waals surface area contributed by atoms with Crippen LogP contribution in [0.4, 0.5) is 11.6 Å². The fourth-order valence-electron chi connectivity index (χ4n) is 7.20. The first-order valence-corrected chi connectivity index (χ1v) is 16.5. The number of piperazine rings is 2. The van der Waals surface area contributed by atoms with Crippen molar-refractivity contribution in [2.24, 2.45) is 0 Å². The van der Waals surface area contributed by atoms with Crippen molar-refractivity contribution in [3.63, 3.8) is 0 Å². The van der Waals surface area contributed by atoms with Crippen molar-refractivity contribution in [1.29, 1.82) is 0 Å². The second kappa shape index (κ2) is 12.9. The number of likely N-dealkylation sites (N-methyl/N-ethyl adjacent to an activating group) is 2. The fraction of sp³-hybridized carbons (Fsp3) is 0.588. The minimum atomic E-state index is 0.254. The van der Waals surface area contributed by atoms with Gasteiger partial charge in [0.15, 0.2) is 11.6 Å². The zero-order chi connectivity index (χ0) is 29.2. The summed E-state index contributed by atoms with van der Waals surface area (Å²) in [7, 11) is 4.44. The average Bonchev–Trinajstić information content (AvgIpc) is 3.04. The summed E-state index contributed by atoms with van der Waals surface area (Å²) in [4.78, 5) is 25.5. The van der Waals surface area contributed by atoms with Crippen LogP contribution < -0.4 is 14.5 Å². The standard InChI is InChI=1S/C34H48N8O/c1-37-16-20-39(21-17-37)12-5-14-41-26-32-29-25-28(43-24-6-13-40-22-18-38(2)19-23-40)10-9-27(29)11-15-42(32)34-33(41)35-30-7-3-4-8-31(30)36-34/h3-4,7-10,25,32H,5-6,11-24,26H2,1-2H3. The molecule has 3 aromatic rings. The number of ether oxygens (including phenoxy) is 1. The van der Waals surface area contributed by atoms with Gasteiger partial charge in [-0.15, -0.1) is 0 Å². The molecule has 0 N–H and O–H groups in total. The largest absolute Gasteiger partial charge is 0.494 e. The first-order chi connectivity index (χ1) is 21.1. The van der Waals surface area contributed by atoms with Gasteiger partial charge >= 0.3 is 0 Å². The van der Waals surface area contributed by atoms with E-state index in [1.807, 2.05) is 0 Å². The van der Waals surface area contributed by atoms with Crippen LogP contribution in [0.25, 0.3) is 11.0 Å². The Morgan fingerprint density at radius 2 is 1.37 bits per heavy atom. The number of aromatic nitrogens is 2. The maximum absolute atomic E-state index is 6.35. The van der Waals surface area contributed by atoms with E-state index in [0.29, 0.717) is 0 Å². The number of rotatable bonds is 9. The summed E-state index contributed by atoms with van der Waals surface area (Å²) in [6, 6.07) is 15.4. The predicted octanol–water partition coefficient (Wildman–Crippen LogP) is 3.21. The van der Waals surface area contributed by atoms with Crippen LogP contribution in [0.3, 0.4) is 0 Å². The van der Waals surface area contributed by atoms with E-state index < -0.39 is 0 Å². The summed E-state index contributed by atoms with van der Waals surface area (Å²) < 4.78 is 6.35. The first-order valence-electron chi connectivity index (χ1n) is 16.5. The number of hydrogen-bond donors (Lipinski definition) is 0. The lowest BCUT2D eigenvalue weighted by Crippen LogP contribution is -2.49. The average molecular weight is 585 g/mol. The number of fused-ring (bicyclic) bond motifs is 6. The van der Waals surface area contributed by atoms with Crippen LogP contribution in [0, 0.1) is 0 Å². The maximum atomic E-state index is 6.35. The van der Waals surface area contributed by atoms with Gasteiger partial charge in [-0.05, 0) is 75.3 Å². The third-order valence-corrected chi connectivity index (χ3v) is 9.96. The van der Waals surface area contributed by atoms with Crippen molar-refractivity contribution in [1.82, 2.24) is 29.6 Å². The van der Waals surface area contributed by atoms with Crippen molar-refractivity contribution in [2.75, 3.05) is 116 Å². The summed E-state index contributed by atoms with van der Waals surface area (Å²) in [5.74, 6) is 3.09. The van der Waals surface area contributed by atoms with Gasteiger partial charge < -0.3 is 34.1 Å². The Labute approximate surface area is 257 Å². The summed E-state index contributed by atoms with van der Waals surface area (Å²) >= 11 is 0. The topological polar surface area (TPSA) is 54.5 Å². The van der Waals surface area contributed by atoms with E-state index in [1.165, 1.54) is 50.4 Å². The third-order valence-electron chi connectivity index (χ3n) is 9.96. The molecule has 7 rings (SSSR count). The maximum Gasteiger partial charge on any atom is 0.173 e. The van der Waals surface area contributed by atoms with Crippen LogP contribution in [-0.4, -0.2) is 135 Å². The molecule has 2 fully saturated rings. The molecule has 9 nitrogen and oxygen atoms in total. The molecule has 4 aliphatic heterocycles. The van der Waals surface area contributed by atoms with Crippen molar-refractivity contribution in [3.05, 3.63) is 53.6 Å². The van der Waals surface area contributed by atoms with Crippen molar-refractivity contribution in [2.45, 2.75) is 25.3 Å². The Morgan fingerprint density at radius 1 is 0.721 bits per heavy atom. The molecule has 0 amide bonds. The lowest BCUT2D eigenvalue weighted by Gasteiger charge is -2.46. The van der Waals surface area contributed by atoms with Crippen LogP contribution >= 0.6 is 0 Å². The zero-order valence-electron chi connectivity index (χ0n) is 26.1. The van der Waals surface area contributed by atoms with Gasteiger partial charge in [0.25, 0.3) is 0 Å². The molecule has 1 atom stereocenters. The molecule has 0 aliphatic carbocycles. The van der Waals surface area contributed by atoms with Gasteiger partial charge in [0.1, 0.15) is 5.75 Å². The lowest BCUT2D eigenvalue weighted by atomic mass is 9.90. The molecule has 43 heavy (non-hydrogen) atoms. The third kappa shape index (κ3) is 6.45. The predicted molar refractivity (Wildman–Crippen MR) is 175 cm³/mol. The van der Waals surface area contributed by atoms with Gasteiger partial charge in [0, 0.05) is 78.5 Å². The molecule has 0 spiro atoms. The summed E-state index contributed by atoms with van der Waals surface area (Å²) in [6.45, 7) is 15.2. The fourth-order valence-corrected chi connectivity index (χ4v) is 7.20. The highest BCUT2D eigenvalue weighted by molar-refractivity contribution is 5.82. The molecule has 2 saturated heterocycles. The zero-order valence-corrected chi connectivity index (χ0v) is 26.1. The Hall–Kier alpha value is -2.98. The lowest BCUT2D eigenvalue weighted by molar-refractivity contribution is 0.145. The number of hydrogen-bond acceptors (Lipinski definition) is 9. The Morgan fingerprint density at radius 3 is 2.07 bits per heavy atom. The van der Waals surface area contributed by atoms with Crippen LogP contribution in [0.15, 0.2) is 42.5 Å². The van der Waals surface area contributed by atoms with Crippen molar-refractivity contribution >= 4 is 22.7 Å². The van der Waals surface area contributed by atoms with Crippen molar-refractivity contribution < 1.29 is 4.74 Å². The van der Waals surface area contributed by atoms with E-state index in [0.717, 1.165) is 100 Å². The Balaban J connectivity index is 1.07. The molecule has 0 saturated carbocycles. The van der Waals surface area contributed by atoms with Gasteiger partial charge in [-0.1, -0.05) is 18.2 Å². The molecular weight excluding hydrogens is 536 g/mol. The molecule has 4 aliphatic rings. The summed E-state index contributed by atoms with van der Waals surface area (Å²) in [5.41, 5.74) is 4.80. The number of nitrogens with zero attached hydrogens (tertiary/aromatic N) is 8. The highest BCUT2D eigenvalue weighted by Crippen LogP contribution is 2.43. The van der Waals surface area contributed by atoms with Crippen molar-refractivity contribution in [3.8, 4) is 5.75 Å². The molecule has 2 aromatic carbocycles. The molecule has 5 heterocycles. The van der Waals surface area contributed by atoms with Gasteiger partial charge in [-0.3, -0.25) is 0 Å². The normalized spacial score (nSPS) is 22.0. The molecule has 1 aromatic heterocycles. The molecule has 230 valence electrons. The van der Waals surface area contributed by atoms with Crippen LogP contribution in [-0.2, 0) is 6.42 Å².